The van der Waals surface area contributed by atoms with Crippen LogP contribution in [0.5, 0.6) is 11.5 Å². The number of amides is 2. The monoisotopic (exact) mass is 354 g/mol. The van der Waals surface area contributed by atoms with Crippen molar-refractivity contribution in [3.05, 3.63) is 48.0 Å². The van der Waals surface area contributed by atoms with Crippen molar-refractivity contribution in [2.75, 3.05) is 23.9 Å². The summed E-state index contributed by atoms with van der Waals surface area (Å²) < 4.78 is 10.8. The van der Waals surface area contributed by atoms with Crippen LogP contribution >= 0.6 is 0 Å². The van der Waals surface area contributed by atoms with E-state index in [0.29, 0.717) is 18.0 Å². The van der Waals surface area contributed by atoms with E-state index in [9.17, 15) is 9.59 Å². The maximum absolute atomic E-state index is 12.3. The first kappa shape index (κ1) is 17.8. The Kier molecular flexibility index (Phi) is 5.11. The molecule has 26 heavy (non-hydrogen) atoms. The van der Waals surface area contributed by atoms with Crippen molar-refractivity contribution in [3.8, 4) is 11.5 Å². The van der Waals surface area contributed by atoms with Gasteiger partial charge < -0.3 is 19.7 Å². The molecule has 1 atom stereocenters. The number of benzene rings is 2. The summed E-state index contributed by atoms with van der Waals surface area (Å²) in [4.78, 5) is 26.1. The third-order valence-corrected chi connectivity index (χ3v) is 4.29. The molecule has 1 aliphatic heterocycles. The lowest BCUT2D eigenvalue weighted by molar-refractivity contribution is -0.125. The van der Waals surface area contributed by atoms with Crippen LogP contribution in [0.3, 0.4) is 0 Å². The Labute approximate surface area is 152 Å². The molecule has 0 spiro atoms. The predicted octanol–water partition coefficient (Wildman–Crippen LogP) is 3.01. The van der Waals surface area contributed by atoms with Crippen LogP contribution < -0.4 is 19.7 Å². The van der Waals surface area contributed by atoms with Crippen LogP contribution in [-0.4, -0.2) is 31.6 Å². The van der Waals surface area contributed by atoms with Gasteiger partial charge in [0.25, 0.3) is 5.91 Å². The summed E-state index contributed by atoms with van der Waals surface area (Å²) in [6.45, 7) is 4.22. The number of carbonyl (C=O) groups excluding carboxylic acids is 2. The molecule has 0 aliphatic carbocycles. The molecule has 1 heterocycles. The molecule has 0 fully saturated rings. The van der Waals surface area contributed by atoms with Gasteiger partial charge in [-0.25, -0.2) is 0 Å². The van der Waals surface area contributed by atoms with Crippen molar-refractivity contribution in [1.29, 1.82) is 0 Å². The molecule has 0 saturated carbocycles. The van der Waals surface area contributed by atoms with E-state index >= 15 is 0 Å². The van der Waals surface area contributed by atoms with Gasteiger partial charge in [0, 0.05) is 18.3 Å². The number of likely N-dealkylation sites (N-methyl/N-ethyl adjacent to an activating group) is 1. The fourth-order valence-corrected chi connectivity index (χ4v) is 2.95. The Morgan fingerprint density at radius 3 is 2.62 bits per heavy atom. The van der Waals surface area contributed by atoms with E-state index in [1.807, 2.05) is 31.2 Å². The van der Waals surface area contributed by atoms with Crippen molar-refractivity contribution >= 4 is 23.2 Å². The normalized spacial score (nSPS) is 15.9. The van der Waals surface area contributed by atoms with Crippen molar-refractivity contribution in [1.82, 2.24) is 0 Å². The predicted molar refractivity (Wildman–Crippen MR) is 99.9 cm³/mol. The zero-order valence-electron chi connectivity index (χ0n) is 15.1. The number of nitrogens with one attached hydrogen (secondary N) is 1. The first-order valence-corrected chi connectivity index (χ1v) is 8.56. The summed E-state index contributed by atoms with van der Waals surface area (Å²) in [6.07, 6.45) is -0.273. The van der Waals surface area contributed by atoms with Gasteiger partial charge in [-0.05, 0) is 43.7 Å². The molecule has 1 unspecified atom stereocenters. The van der Waals surface area contributed by atoms with Crippen LogP contribution in [0.1, 0.15) is 19.4 Å². The number of anilines is 2. The molecule has 1 aliphatic rings. The molecule has 136 valence electrons. The van der Waals surface area contributed by atoms with Crippen molar-refractivity contribution < 1.29 is 19.1 Å². The third kappa shape index (κ3) is 3.64. The fourth-order valence-electron chi connectivity index (χ4n) is 2.95. The minimum Gasteiger partial charge on any atom is -0.497 e. The lowest BCUT2D eigenvalue weighted by Gasteiger charge is -2.32. The maximum Gasteiger partial charge on any atom is 0.267 e. The Balaban J connectivity index is 1.71. The van der Waals surface area contributed by atoms with Crippen LogP contribution in [0.2, 0.25) is 0 Å². The highest BCUT2D eigenvalue weighted by Crippen LogP contribution is 2.36. The fraction of sp³-hybridized carbons (Fsp3) is 0.300. The molecule has 2 aromatic carbocycles. The molecule has 2 aromatic rings. The second-order valence-electron chi connectivity index (χ2n) is 6.10. The molecule has 1 N–H and O–H groups in total. The summed E-state index contributed by atoms with van der Waals surface area (Å²) in [5.74, 6) is 1.17. The number of hydrogen-bond donors (Lipinski definition) is 1. The second-order valence-corrected chi connectivity index (χ2v) is 6.10. The number of nitrogens with zero attached hydrogens (tertiary/aromatic N) is 1. The largest absolute Gasteiger partial charge is 0.497 e. The highest BCUT2D eigenvalue weighted by molar-refractivity contribution is 6.00. The van der Waals surface area contributed by atoms with Gasteiger partial charge >= 0.3 is 0 Å². The SMILES string of the molecule is CCN1C(=O)C(C)Oc2cc(NC(=O)Cc3ccc(OC)cc3)ccc21. The molecule has 0 aromatic heterocycles. The van der Waals surface area contributed by atoms with E-state index in [0.717, 1.165) is 17.0 Å². The Hall–Kier alpha value is -3.02. The van der Waals surface area contributed by atoms with Crippen molar-refractivity contribution in [2.24, 2.45) is 0 Å². The van der Waals surface area contributed by atoms with Crippen LogP contribution in [0.15, 0.2) is 42.5 Å². The average molecular weight is 354 g/mol. The Morgan fingerprint density at radius 1 is 1.23 bits per heavy atom. The number of methoxy groups -OCH3 is 1. The molecule has 0 radical (unpaired) electrons. The summed E-state index contributed by atoms with van der Waals surface area (Å²) in [5.41, 5.74) is 2.26. The molecule has 6 nitrogen and oxygen atoms in total. The summed E-state index contributed by atoms with van der Waals surface area (Å²) in [7, 11) is 1.61. The van der Waals surface area contributed by atoms with E-state index in [-0.39, 0.29) is 18.2 Å². The molecular weight excluding hydrogens is 332 g/mol. The standard InChI is InChI=1S/C20H22N2O4/c1-4-22-17-10-7-15(12-18(17)26-13(2)20(22)24)21-19(23)11-14-5-8-16(25-3)9-6-14/h5-10,12-13H,4,11H2,1-3H3,(H,21,23). The summed E-state index contributed by atoms with van der Waals surface area (Å²) in [5, 5.41) is 2.87. The van der Waals surface area contributed by atoms with Gasteiger partial charge in [-0.1, -0.05) is 12.1 Å². The number of fused-ring (bicyclic) bond motifs is 1. The highest BCUT2D eigenvalue weighted by atomic mass is 16.5. The van der Waals surface area contributed by atoms with E-state index in [1.165, 1.54) is 0 Å². The smallest absolute Gasteiger partial charge is 0.267 e. The van der Waals surface area contributed by atoms with Crippen molar-refractivity contribution in [2.45, 2.75) is 26.4 Å². The second kappa shape index (κ2) is 7.47. The molecule has 0 bridgehead atoms. The van der Waals surface area contributed by atoms with Crippen molar-refractivity contribution in [3.63, 3.8) is 0 Å². The van der Waals surface area contributed by atoms with E-state index in [2.05, 4.69) is 5.32 Å². The molecule has 3 rings (SSSR count). The van der Waals surface area contributed by atoms with Gasteiger partial charge in [-0.15, -0.1) is 0 Å². The Bertz CT molecular complexity index is 817. The number of hydrogen-bond acceptors (Lipinski definition) is 4. The highest BCUT2D eigenvalue weighted by Gasteiger charge is 2.30. The Morgan fingerprint density at radius 2 is 1.96 bits per heavy atom. The first-order valence-electron chi connectivity index (χ1n) is 8.56. The average Bonchev–Trinajstić information content (AvgIpc) is 2.63. The molecule has 2 amide bonds. The van der Waals surface area contributed by atoms with Gasteiger partial charge in [0.2, 0.25) is 5.91 Å². The van der Waals surface area contributed by atoms with Gasteiger partial charge in [0.15, 0.2) is 6.10 Å². The van der Waals surface area contributed by atoms with Gasteiger partial charge in [-0.3, -0.25) is 9.59 Å². The summed E-state index contributed by atoms with van der Waals surface area (Å²) >= 11 is 0. The van der Waals surface area contributed by atoms with E-state index in [4.69, 9.17) is 9.47 Å². The van der Waals surface area contributed by atoms with Crippen LogP contribution in [0.25, 0.3) is 0 Å². The van der Waals surface area contributed by atoms with E-state index < -0.39 is 6.10 Å². The number of carbonyl (C=O) groups is 2. The zero-order chi connectivity index (χ0) is 18.7. The minimum atomic E-state index is -0.535. The van der Waals surface area contributed by atoms with Crippen LogP contribution in [0.4, 0.5) is 11.4 Å². The summed E-state index contributed by atoms with van der Waals surface area (Å²) in [6, 6.07) is 12.7. The molecule has 0 saturated heterocycles. The van der Waals surface area contributed by atoms with Gasteiger partial charge in [-0.2, -0.15) is 0 Å². The van der Waals surface area contributed by atoms with Gasteiger partial charge in [0.05, 0.1) is 19.2 Å². The van der Waals surface area contributed by atoms with Crippen LogP contribution in [-0.2, 0) is 16.0 Å². The first-order chi connectivity index (χ1) is 12.5. The van der Waals surface area contributed by atoms with Gasteiger partial charge in [0.1, 0.15) is 11.5 Å². The topological polar surface area (TPSA) is 67.9 Å². The molecule has 6 heteroatoms. The quantitative estimate of drug-likeness (QED) is 0.896. The minimum absolute atomic E-state index is 0.0590. The third-order valence-electron chi connectivity index (χ3n) is 4.29. The number of ether oxygens (including phenoxy) is 2. The maximum atomic E-state index is 12.3. The van der Waals surface area contributed by atoms with Crippen LogP contribution in [0, 0.1) is 0 Å². The lowest BCUT2D eigenvalue weighted by atomic mass is 10.1. The lowest BCUT2D eigenvalue weighted by Crippen LogP contribution is -2.44. The van der Waals surface area contributed by atoms with E-state index in [1.54, 1.807) is 37.1 Å². The zero-order valence-corrected chi connectivity index (χ0v) is 15.1. The number of rotatable bonds is 5. The molecular formula is C20H22N2O4.